The van der Waals surface area contributed by atoms with Crippen molar-refractivity contribution in [1.29, 1.82) is 0 Å². The fourth-order valence-corrected chi connectivity index (χ4v) is 2.84. The largest absolute Gasteiger partial charge is 0.379 e. The number of hydrogen-bond donors (Lipinski definition) is 0. The number of morpholine rings is 1. The summed E-state index contributed by atoms with van der Waals surface area (Å²) in [5.74, 6) is 0.504. The van der Waals surface area contributed by atoms with Crippen LogP contribution in [-0.2, 0) is 4.74 Å². The van der Waals surface area contributed by atoms with Gasteiger partial charge in [-0.25, -0.2) is 9.67 Å². The first-order valence-corrected chi connectivity index (χ1v) is 7.99. The maximum Gasteiger partial charge on any atom is 0.289 e. The van der Waals surface area contributed by atoms with Crippen molar-refractivity contribution >= 4 is 11.6 Å². The van der Waals surface area contributed by atoms with Crippen LogP contribution in [0.5, 0.6) is 0 Å². The molecule has 1 atom stereocenters. The Kier molecular flexibility index (Phi) is 4.75. The summed E-state index contributed by atoms with van der Waals surface area (Å²) < 4.78 is 6.87. The molecule has 1 aliphatic heterocycles. The lowest BCUT2D eigenvalue weighted by molar-refractivity contribution is -0.000939. The zero-order valence-electron chi connectivity index (χ0n) is 13.2. The van der Waals surface area contributed by atoms with Gasteiger partial charge in [0.05, 0.1) is 13.2 Å². The maximum absolute atomic E-state index is 12.5. The lowest BCUT2D eigenvalue weighted by Crippen LogP contribution is -2.44. The Morgan fingerprint density at radius 3 is 2.74 bits per heavy atom. The smallest absolute Gasteiger partial charge is 0.289 e. The SMILES string of the molecule is Cc1nc(-c2cccc(Cl)c2)nn(C(C)N2CCOCC2)c1=O. The first-order chi connectivity index (χ1) is 11.1. The van der Waals surface area contributed by atoms with Crippen molar-refractivity contribution in [2.24, 2.45) is 0 Å². The molecular formula is C16H19ClN4O2. The number of rotatable bonds is 3. The van der Waals surface area contributed by atoms with Crippen LogP contribution in [0.25, 0.3) is 11.4 Å². The van der Waals surface area contributed by atoms with Gasteiger partial charge in [-0.1, -0.05) is 23.7 Å². The van der Waals surface area contributed by atoms with E-state index in [1.807, 2.05) is 19.1 Å². The molecule has 122 valence electrons. The monoisotopic (exact) mass is 334 g/mol. The van der Waals surface area contributed by atoms with Crippen LogP contribution < -0.4 is 5.56 Å². The molecule has 0 aliphatic carbocycles. The van der Waals surface area contributed by atoms with Gasteiger partial charge in [-0.3, -0.25) is 9.69 Å². The van der Waals surface area contributed by atoms with Crippen LogP contribution in [0.2, 0.25) is 5.02 Å². The molecule has 0 radical (unpaired) electrons. The Morgan fingerprint density at radius 1 is 1.30 bits per heavy atom. The van der Waals surface area contributed by atoms with Gasteiger partial charge < -0.3 is 4.74 Å². The van der Waals surface area contributed by atoms with Crippen molar-refractivity contribution in [2.45, 2.75) is 20.0 Å². The van der Waals surface area contributed by atoms with Crippen LogP contribution in [0.1, 0.15) is 18.8 Å². The van der Waals surface area contributed by atoms with Crippen molar-refractivity contribution in [1.82, 2.24) is 19.7 Å². The minimum atomic E-state index is -0.172. The van der Waals surface area contributed by atoms with E-state index in [4.69, 9.17) is 16.3 Å². The Balaban J connectivity index is 2.01. The zero-order valence-corrected chi connectivity index (χ0v) is 14.0. The van der Waals surface area contributed by atoms with Crippen LogP contribution in [0.4, 0.5) is 0 Å². The van der Waals surface area contributed by atoms with Crippen molar-refractivity contribution in [3.05, 3.63) is 45.3 Å². The van der Waals surface area contributed by atoms with E-state index < -0.39 is 0 Å². The van der Waals surface area contributed by atoms with Gasteiger partial charge >= 0.3 is 0 Å². The number of halogens is 1. The van der Waals surface area contributed by atoms with Gasteiger partial charge in [-0.15, -0.1) is 5.10 Å². The molecule has 1 saturated heterocycles. The topological polar surface area (TPSA) is 60.3 Å². The second kappa shape index (κ2) is 6.78. The number of ether oxygens (including phenoxy) is 1. The average Bonchev–Trinajstić information content (AvgIpc) is 2.57. The van der Waals surface area contributed by atoms with Crippen LogP contribution in [0.15, 0.2) is 29.1 Å². The van der Waals surface area contributed by atoms with Crippen LogP contribution in [-0.4, -0.2) is 46.0 Å². The highest BCUT2D eigenvalue weighted by Gasteiger charge is 2.21. The van der Waals surface area contributed by atoms with E-state index in [0.29, 0.717) is 29.8 Å². The predicted octanol–water partition coefficient (Wildman–Crippen LogP) is 2.12. The number of hydrogen-bond acceptors (Lipinski definition) is 5. The van der Waals surface area contributed by atoms with E-state index in [0.717, 1.165) is 18.7 Å². The average molecular weight is 335 g/mol. The minimum absolute atomic E-state index is 0.147. The fourth-order valence-electron chi connectivity index (χ4n) is 2.65. The van der Waals surface area contributed by atoms with Crippen molar-refractivity contribution in [2.75, 3.05) is 26.3 Å². The van der Waals surface area contributed by atoms with Crippen molar-refractivity contribution < 1.29 is 4.74 Å². The predicted molar refractivity (Wildman–Crippen MR) is 88.6 cm³/mol. The summed E-state index contributed by atoms with van der Waals surface area (Å²) in [5.41, 5.74) is 1.05. The standard InChI is InChI=1S/C16H19ClN4O2/c1-11-16(22)21(12(2)20-6-8-23-9-7-20)19-15(18-11)13-4-3-5-14(17)10-13/h3-5,10,12H,6-9H2,1-2H3. The number of nitrogens with zero attached hydrogens (tertiary/aromatic N) is 4. The van der Waals surface area contributed by atoms with Gasteiger partial charge in [0.25, 0.3) is 5.56 Å². The number of aromatic nitrogens is 3. The molecule has 1 aromatic heterocycles. The summed E-state index contributed by atoms with van der Waals surface area (Å²) in [5, 5.41) is 5.09. The lowest BCUT2D eigenvalue weighted by Gasteiger charge is -2.32. The first kappa shape index (κ1) is 16.1. The Morgan fingerprint density at radius 2 is 2.04 bits per heavy atom. The van der Waals surface area contributed by atoms with E-state index in [-0.39, 0.29) is 11.7 Å². The molecule has 1 unspecified atom stereocenters. The normalized spacial score (nSPS) is 17.2. The van der Waals surface area contributed by atoms with Gasteiger partial charge in [-0.05, 0) is 26.0 Å². The van der Waals surface area contributed by atoms with E-state index in [9.17, 15) is 4.79 Å². The molecule has 7 heteroatoms. The van der Waals surface area contributed by atoms with Crippen molar-refractivity contribution in [3.8, 4) is 11.4 Å². The quantitative estimate of drug-likeness (QED) is 0.860. The third-order valence-electron chi connectivity index (χ3n) is 4.00. The molecule has 0 N–H and O–H groups in total. The maximum atomic E-state index is 12.5. The van der Waals surface area contributed by atoms with E-state index in [1.165, 1.54) is 4.68 Å². The Hall–Kier alpha value is -1.76. The molecule has 6 nitrogen and oxygen atoms in total. The highest BCUT2D eigenvalue weighted by Crippen LogP contribution is 2.20. The first-order valence-electron chi connectivity index (χ1n) is 7.61. The highest BCUT2D eigenvalue weighted by molar-refractivity contribution is 6.30. The van der Waals surface area contributed by atoms with Gasteiger partial charge in [0.2, 0.25) is 0 Å². The molecule has 3 rings (SSSR count). The number of benzene rings is 1. The molecule has 2 heterocycles. The lowest BCUT2D eigenvalue weighted by atomic mass is 10.2. The third kappa shape index (κ3) is 3.44. The minimum Gasteiger partial charge on any atom is -0.379 e. The third-order valence-corrected chi connectivity index (χ3v) is 4.24. The second-order valence-corrected chi connectivity index (χ2v) is 6.00. The summed E-state index contributed by atoms with van der Waals surface area (Å²) in [7, 11) is 0. The molecule has 0 amide bonds. The number of aryl methyl sites for hydroxylation is 1. The molecular weight excluding hydrogens is 316 g/mol. The van der Waals surface area contributed by atoms with Gasteiger partial charge in [0.15, 0.2) is 5.82 Å². The summed E-state index contributed by atoms with van der Waals surface area (Å²) >= 11 is 6.04. The molecule has 1 aliphatic rings. The van der Waals surface area contributed by atoms with Gasteiger partial charge in [0, 0.05) is 23.7 Å². The molecule has 23 heavy (non-hydrogen) atoms. The summed E-state index contributed by atoms with van der Waals surface area (Å²) in [4.78, 5) is 19.0. The molecule has 1 aromatic carbocycles. The van der Waals surface area contributed by atoms with Crippen LogP contribution in [0.3, 0.4) is 0 Å². The van der Waals surface area contributed by atoms with Crippen LogP contribution >= 0.6 is 11.6 Å². The summed E-state index contributed by atoms with van der Waals surface area (Å²) in [6.45, 7) is 6.59. The Bertz CT molecular complexity index is 756. The fraction of sp³-hybridized carbons (Fsp3) is 0.438. The summed E-state index contributed by atoms with van der Waals surface area (Å²) in [6.07, 6.45) is -0.147. The summed E-state index contributed by atoms with van der Waals surface area (Å²) in [6, 6.07) is 7.32. The van der Waals surface area contributed by atoms with Crippen molar-refractivity contribution in [3.63, 3.8) is 0 Å². The Labute approximate surface area is 139 Å². The van der Waals surface area contributed by atoms with Crippen LogP contribution in [0, 0.1) is 6.92 Å². The van der Waals surface area contributed by atoms with E-state index in [1.54, 1.807) is 19.1 Å². The molecule has 1 fully saturated rings. The van der Waals surface area contributed by atoms with E-state index >= 15 is 0 Å². The molecule has 0 bridgehead atoms. The molecule has 0 saturated carbocycles. The van der Waals surface area contributed by atoms with E-state index in [2.05, 4.69) is 15.0 Å². The molecule has 0 spiro atoms. The zero-order chi connectivity index (χ0) is 16.4. The molecule has 2 aromatic rings. The van der Waals surface area contributed by atoms with Gasteiger partial charge in [0.1, 0.15) is 11.9 Å². The highest BCUT2D eigenvalue weighted by atomic mass is 35.5. The second-order valence-electron chi connectivity index (χ2n) is 5.56. The van der Waals surface area contributed by atoms with Gasteiger partial charge in [-0.2, -0.15) is 0 Å².